The molecule has 1 saturated carbocycles. The first-order valence-electron chi connectivity index (χ1n) is 8.50. The van der Waals surface area contributed by atoms with Crippen molar-refractivity contribution in [1.82, 2.24) is 14.9 Å². The molecule has 3 rings (SSSR count). The molecule has 1 amide bonds. The highest BCUT2D eigenvalue weighted by Crippen LogP contribution is 2.31. The smallest absolute Gasteiger partial charge is 0.251 e. The number of nitrogens with one attached hydrogen (secondary N) is 1. The lowest BCUT2D eigenvalue weighted by Gasteiger charge is -2.17. The van der Waals surface area contributed by atoms with Crippen LogP contribution in [0, 0.1) is 18.3 Å². The van der Waals surface area contributed by atoms with Crippen molar-refractivity contribution in [2.75, 3.05) is 6.54 Å². The largest absolute Gasteiger partial charge is 0.352 e. The van der Waals surface area contributed by atoms with Crippen LogP contribution in [0.25, 0.3) is 0 Å². The van der Waals surface area contributed by atoms with Crippen molar-refractivity contribution >= 4 is 5.91 Å². The van der Waals surface area contributed by atoms with E-state index in [0.29, 0.717) is 30.1 Å². The fourth-order valence-electron chi connectivity index (χ4n) is 3.46. The standard InChI is InChI=1S/C19H22N4O/c1-14-13-22-18(23(14)17-7-2-3-8-17)9-10-21-19(24)16-6-4-5-15(11-16)12-20/h4-6,11,13,17H,2-3,7-10H2,1H3,(H,21,24). The highest BCUT2D eigenvalue weighted by atomic mass is 16.1. The third-order valence-electron chi connectivity index (χ3n) is 4.64. The molecule has 0 spiro atoms. The molecule has 1 aromatic heterocycles. The first kappa shape index (κ1) is 16.3. The van der Waals surface area contributed by atoms with Gasteiger partial charge in [-0.05, 0) is 38.0 Å². The van der Waals surface area contributed by atoms with E-state index in [-0.39, 0.29) is 5.91 Å². The molecule has 0 unspecified atom stereocenters. The Morgan fingerprint density at radius 2 is 2.21 bits per heavy atom. The molecule has 1 aromatic carbocycles. The Kier molecular flexibility index (Phi) is 4.95. The zero-order valence-electron chi connectivity index (χ0n) is 14.0. The molecule has 5 heteroatoms. The number of aromatic nitrogens is 2. The average molecular weight is 322 g/mol. The predicted molar refractivity (Wildman–Crippen MR) is 91.7 cm³/mol. The first-order chi connectivity index (χ1) is 11.7. The Labute approximate surface area is 142 Å². The second kappa shape index (κ2) is 7.31. The zero-order valence-corrected chi connectivity index (χ0v) is 14.0. The van der Waals surface area contributed by atoms with E-state index in [1.165, 1.54) is 31.4 Å². The third-order valence-corrected chi connectivity index (χ3v) is 4.64. The minimum atomic E-state index is -0.150. The summed E-state index contributed by atoms with van der Waals surface area (Å²) >= 11 is 0. The number of hydrogen-bond donors (Lipinski definition) is 1. The SMILES string of the molecule is Cc1cnc(CCNC(=O)c2cccc(C#N)c2)n1C1CCCC1. The molecule has 5 nitrogen and oxygen atoms in total. The predicted octanol–water partition coefficient (Wildman–Crippen LogP) is 3.15. The van der Waals surface area contributed by atoms with Gasteiger partial charge in [-0.2, -0.15) is 5.26 Å². The minimum Gasteiger partial charge on any atom is -0.352 e. The van der Waals surface area contributed by atoms with Gasteiger partial charge >= 0.3 is 0 Å². The second-order valence-electron chi connectivity index (χ2n) is 6.32. The zero-order chi connectivity index (χ0) is 16.9. The number of carbonyl (C=O) groups is 1. The number of benzene rings is 1. The molecule has 1 fully saturated rings. The van der Waals surface area contributed by atoms with Crippen molar-refractivity contribution in [3.63, 3.8) is 0 Å². The number of amides is 1. The fourth-order valence-corrected chi connectivity index (χ4v) is 3.46. The van der Waals surface area contributed by atoms with E-state index in [1.807, 2.05) is 6.20 Å². The van der Waals surface area contributed by atoms with Crippen molar-refractivity contribution in [3.05, 3.63) is 53.1 Å². The molecule has 1 aliphatic rings. The minimum absolute atomic E-state index is 0.150. The first-order valence-corrected chi connectivity index (χ1v) is 8.50. The molecule has 0 saturated heterocycles. The molecule has 1 aliphatic carbocycles. The quantitative estimate of drug-likeness (QED) is 0.919. The van der Waals surface area contributed by atoms with Gasteiger partial charge in [-0.25, -0.2) is 4.98 Å². The third kappa shape index (κ3) is 3.48. The molecule has 0 radical (unpaired) electrons. The summed E-state index contributed by atoms with van der Waals surface area (Å²) in [5.74, 6) is 0.897. The van der Waals surface area contributed by atoms with Crippen LogP contribution in [0.4, 0.5) is 0 Å². The van der Waals surface area contributed by atoms with Crippen LogP contribution in [0.1, 0.15) is 59.2 Å². The number of rotatable bonds is 5. The van der Waals surface area contributed by atoms with Crippen LogP contribution in [0.5, 0.6) is 0 Å². The molecule has 0 bridgehead atoms. The summed E-state index contributed by atoms with van der Waals surface area (Å²) in [5.41, 5.74) is 2.21. The van der Waals surface area contributed by atoms with Crippen LogP contribution in [0.2, 0.25) is 0 Å². The Morgan fingerprint density at radius 3 is 2.96 bits per heavy atom. The average Bonchev–Trinajstić information content (AvgIpc) is 3.24. The van der Waals surface area contributed by atoms with E-state index in [0.717, 1.165) is 5.82 Å². The van der Waals surface area contributed by atoms with Crippen molar-refractivity contribution in [2.45, 2.75) is 45.1 Å². The number of nitriles is 1. The summed E-state index contributed by atoms with van der Waals surface area (Å²) in [7, 11) is 0. The number of imidazole rings is 1. The number of nitrogens with zero attached hydrogens (tertiary/aromatic N) is 3. The second-order valence-corrected chi connectivity index (χ2v) is 6.32. The van der Waals surface area contributed by atoms with Crippen molar-refractivity contribution < 1.29 is 4.79 Å². The molecule has 1 heterocycles. The molecule has 0 atom stereocenters. The molecular weight excluding hydrogens is 300 g/mol. The van der Waals surface area contributed by atoms with Crippen molar-refractivity contribution in [1.29, 1.82) is 5.26 Å². The highest BCUT2D eigenvalue weighted by molar-refractivity contribution is 5.94. The molecule has 1 N–H and O–H groups in total. The van der Waals surface area contributed by atoms with Gasteiger partial charge in [0, 0.05) is 36.5 Å². The maximum atomic E-state index is 12.2. The van der Waals surface area contributed by atoms with Crippen LogP contribution in [0.15, 0.2) is 30.5 Å². The van der Waals surface area contributed by atoms with Crippen molar-refractivity contribution in [2.24, 2.45) is 0 Å². The fraction of sp³-hybridized carbons (Fsp3) is 0.421. The van der Waals surface area contributed by atoms with E-state index < -0.39 is 0 Å². The summed E-state index contributed by atoms with van der Waals surface area (Å²) in [6.07, 6.45) is 7.65. The summed E-state index contributed by atoms with van der Waals surface area (Å²) in [6, 6.07) is 9.36. The van der Waals surface area contributed by atoms with Crippen LogP contribution in [-0.2, 0) is 6.42 Å². The maximum absolute atomic E-state index is 12.2. The van der Waals surface area contributed by atoms with Gasteiger partial charge in [0.1, 0.15) is 5.82 Å². The van der Waals surface area contributed by atoms with Gasteiger partial charge in [0.15, 0.2) is 0 Å². The lowest BCUT2D eigenvalue weighted by molar-refractivity contribution is 0.0954. The van der Waals surface area contributed by atoms with E-state index in [1.54, 1.807) is 24.3 Å². The van der Waals surface area contributed by atoms with Gasteiger partial charge in [-0.3, -0.25) is 4.79 Å². The summed E-state index contributed by atoms with van der Waals surface area (Å²) in [5, 5.41) is 11.8. The number of carbonyl (C=O) groups excluding carboxylic acids is 1. The molecule has 2 aromatic rings. The van der Waals surface area contributed by atoms with Crippen molar-refractivity contribution in [3.8, 4) is 6.07 Å². The van der Waals surface area contributed by atoms with Crippen LogP contribution < -0.4 is 5.32 Å². The van der Waals surface area contributed by atoms with Gasteiger partial charge in [-0.15, -0.1) is 0 Å². The summed E-state index contributed by atoms with van der Waals surface area (Å²) in [4.78, 5) is 16.7. The molecule has 0 aliphatic heterocycles. The van der Waals surface area contributed by atoms with Gasteiger partial charge in [0.2, 0.25) is 0 Å². The van der Waals surface area contributed by atoms with Gasteiger partial charge in [0.25, 0.3) is 5.91 Å². The summed E-state index contributed by atoms with van der Waals surface area (Å²) < 4.78 is 2.34. The topological polar surface area (TPSA) is 70.7 Å². The Balaban J connectivity index is 1.60. The van der Waals surface area contributed by atoms with E-state index >= 15 is 0 Å². The Bertz CT molecular complexity index is 766. The van der Waals surface area contributed by atoms with E-state index in [4.69, 9.17) is 5.26 Å². The van der Waals surface area contributed by atoms with Crippen LogP contribution >= 0.6 is 0 Å². The lowest BCUT2D eigenvalue weighted by Crippen LogP contribution is -2.27. The van der Waals surface area contributed by atoms with Crippen LogP contribution in [0.3, 0.4) is 0 Å². The highest BCUT2D eigenvalue weighted by Gasteiger charge is 2.21. The van der Waals surface area contributed by atoms with E-state index in [9.17, 15) is 4.79 Å². The molecular formula is C19H22N4O. The van der Waals surface area contributed by atoms with E-state index in [2.05, 4.69) is 27.9 Å². The normalized spacial score (nSPS) is 14.5. The van der Waals surface area contributed by atoms with Gasteiger partial charge < -0.3 is 9.88 Å². The maximum Gasteiger partial charge on any atom is 0.251 e. The molecule has 124 valence electrons. The Morgan fingerprint density at radius 1 is 1.42 bits per heavy atom. The van der Waals surface area contributed by atoms with Gasteiger partial charge in [0.05, 0.1) is 11.6 Å². The van der Waals surface area contributed by atoms with Gasteiger partial charge in [-0.1, -0.05) is 18.9 Å². The monoisotopic (exact) mass is 322 g/mol. The van der Waals surface area contributed by atoms with Crippen LogP contribution in [-0.4, -0.2) is 22.0 Å². The number of hydrogen-bond acceptors (Lipinski definition) is 3. The molecule has 24 heavy (non-hydrogen) atoms. The summed E-state index contributed by atoms with van der Waals surface area (Å²) in [6.45, 7) is 2.64. The lowest BCUT2D eigenvalue weighted by atomic mass is 10.1. The Hall–Kier alpha value is -2.61. The number of aryl methyl sites for hydroxylation is 1.